The first kappa shape index (κ1) is 15.9. The lowest BCUT2D eigenvalue weighted by atomic mass is 9.93. The molecule has 0 heterocycles. The first-order valence-corrected chi connectivity index (χ1v) is 7.06. The van der Waals surface area contributed by atoms with Crippen LogP contribution in [0.25, 0.3) is 0 Å². The topological polar surface area (TPSA) is 56.0 Å². The third kappa shape index (κ3) is 5.58. The molecular weight excluding hydrogens is 311 g/mol. The zero-order valence-corrected chi connectivity index (χ0v) is 12.5. The van der Waals surface area contributed by atoms with E-state index < -0.39 is 0 Å². The Kier molecular flexibility index (Phi) is 6.82. The molecule has 0 bridgehead atoms. The largest absolute Gasteiger partial charge is 0.393 e. The van der Waals surface area contributed by atoms with Gasteiger partial charge < -0.3 is 10.4 Å². The third-order valence-corrected chi connectivity index (χ3v) is 3.24. The maximum atomic E-state index is 12.9. The number of halogens is 2. The number of nitrogens with zero attached hydrogens (tertiary/aromatic N) is 1. The van der Waals surface area contributed by atoms with Crippen LogP contribution in [0.15, 0.2) is 18.2 Å². The van der Waals surface area contributed by atoms with Crippen LogP contribution in [0.4, 0.5) is 10.1 Å². The molecule has 3 nitrogen and oxygen atoms in total. The van der Waals surface area contributed by atoms with Gasteiger partial charge in [0.2, 0.25) is 0 Å². The fraction of sp³-hybridized carbons (Fsp3) is 0.500. The summed E-state index contributed by atoms with van der Waals surface area (Å²) in [6, 6.07) is 5.22. The van der Waals surface area contributed by atoms with Crippen LogP contribution in [0.1, 0.15) is 31.2 Å². The molecule has 2 N–H and O–H groups in total. The SMILES string of the molecule is Cc1cc(F)ccc1NC1CCC(O)CC1.N#CBr. The van der Waals surface area contributed by atoms with Gasteiger partial charge in [0.1, 0.15) is 10.8 Å². The Bertz CT molecular complexity index is 440. The van der Waals surface area contributed by atoms with Gasteiger partial charge in [-0.15, -0.1) is 0 Å². The van der Waals surface area contributed by atoms with E-state index in [1.807, 2.05) is 6.92 Å². The smallest absolute Gasteiger partial charge is 0.142 e. The number of aliphatic hydroxyl groups excluding tert-OH is 1. The highest BCUT2D eigenvalue weighted by atomic mass is 79.9. The van der Waals surface area contributed by atoms with Crippen molar-refractivity contribution in [2.24, 2.45) is 0 Å². The molecule has 1 aliphatic rings. The Morgan fingerprint density at radius 3 is 2.47 bits per heavy atom. The van der Waals surface area contributed by atoms with Gasteiger partial charge in [0.15, 0.2) is 0 Å². The average Bonchev–Trinajstić information content (AvgIpc) is 2.36. The number of benzene rings is 1. The van der Waals surface area contributed by atoms with E-state index in [4.69, 9.17) is 5.26 Å². The van der Waals surface area contributed by atoms with E-state index in [0.29, 0.717) is 6.04 Å². The molecule has 1 aromatic carbocycles. The molecule has 1 saturated carbocycles. The Morgan fingerprint density at radius 2 is 1.95 bits per heavy atom. The van der Waals surface area contributed by atoms with Crippen molar-refractivity contribution in [3.8, 4) is 4.98 Å². The average molecular weight is 329 g/mol. The number of hydrogen-bond acceptors (Lipinski definition) is 3. The van der Waals surface area contributed by atoms with Gasteiger partial charge in [0, 0.05) is 27.7 Å². The molecule has 0 saturated heterocycles. The van der Waals surface area contributed by atoms with Gasteiger partial charge in [-0.05, 0) is 56.4 Å². The summed E-state index contributed by atoms with van der Waals surface area (Å²) in [5.74, 6) is -0.192. The normalized spacial score (nSPS) is 21.8. The van der Waals surface area contributed by atoms with Crippen LogP contribution in [0.2, 0.25) is 0 Å². The highest BCUT2D eigenvalue weighted by Gasteiger charge is 2.19. The summed E-state index contributed by atoms with van der Waals surface area (Å²) in [7, 11) is 0. The molecule has 0 unspecified atom stereocenters. The zero-order valence-electron chi connectivity index (χ0n) is 10.9. The molecule has 0 radical (unpaired) electrons. The van der Waals surface area contributed by atoms with Crippen molar-refractivity contribution in [3.05, 3.63) is 29.6 Å². The quantitative estimate of drug-likeness (QED) is 0.870. The maximum absolute atomic E-state index is 12.9. The molecule has 0 atom stereocenters. The number of rotatable bonds is 2. The Balaban J connectivity index is 0.000000550. The van der Waals surface area contributed by atoms with Crippen LogP contribution >= 0.6 is 15.9 Å². The Hall–Kier alpha value is -1.12. The van der Waals surface area contributed by atoms with Crippen LogP contribution in [0.3, 0.4) is 0 Å². The predicted molar refractivity (Wildman–Crippen MR) is 77.6 cm³/mol. The number of anilines is 1. The van der Waals surface area contributed by atoms with Crippen LogP contribution < -0.4 is 5.32 Å². The van der Waals surface area contributed by atoms with E-state index >= 15 is 0 Å². The van der Waals surface area contributed by atoms with Crippen molar-refractivity contribution in [2.45, 2.75) is 44.8 Å². The van der Waals surface area contributed by atoms with Crippen molar-refractivity contribution >= 4 is 21.6 Å². The van der Waals surface area contributed by atoms with Crippen molar-refractivity contribution < 1.29 is 9.50 Å². The molecule has 0 amide bonds. The second-order valence-corrected chi connectivity index (χ2v) is 5.05. The van der Waals surface area contributed by atoms with Gasteiger partial charge in [-0.2, -0.15) is 5.26 Å². The van der Waals surface area contributed by atoms with Gasteiger partial charge >= 0.3 is 0 Å². The van der Waals surface area contributed by atoms with E-state index in [2.05, 4.69) is 21.2 Å². The first-order chi connectivity index (χ1) is 9.06. The summed E-state index contributed by atoms with van der Waals surface area (Å²) in [4.78, 5) is 1.56. The molecule has 1 aliphatic carbocycles. The first-order valence-electron chi connectivity index (χ1n) is 6.27. The zero-order chi connectivity index (χ0) is 14.3. The molecule has 104 valence electrons. The molecule has 5 heteroatoms. The van der Waals surface area contributed by atoms with Gasteiger partial charge in [-0.1, -0.05) is 0 Å². The predicted octanol–water partition coefficient (Wildman–Crippen LogP) is 3.71. The van der Waals surface area contributed by atoms with Gasteiger partial charge in [0.05, 0.1) is 6.10 Å². The van der Waals surface area contributed by atoms with Crippen LogP contribution in [0, 0.1) is 23.0 Å². The van der Waals surface area contributed by atoms with E-state index in [1.165, 1.54) is 6.07 Å². The lowest BCUT2D eigenvalue weighted by Gasteiger charge is -2.27. The Morgan fingerprint density at radius 1 is 1.37 bits per heavy atom. The van der Waals surface area contributed by atoms with Gasteiger partial charge in [0.25, 0.3) is 0 Å². The second kappa shape index (κ2) is 8.13. The van der Waals surface area contributed by atoms with Crippen molar-refractivity contribution in [2.75, 3.05) is 5.32 Å². The third-order valence-electron chi connectivity index (χ3n) is 3.24. The summed E-state index contributed by atoms with van der Waals surface area (Å²) in [5, 5.41) is 20.1. The van der Waals surface area contributed by atoms with Gasteiger partial charge in [-0.25, -0.2) is 4.39 Å². The fourth-order valence-electron chi connectivity index (χ4n) is 2.23. The second-order valence-electron chi connectivity index (χ2n) is 4.69. The summed E-state index contributed by atoms with van der Waals surface area (Å²) >= 11 is 2.45. The molecule has 0 aromatic heterocycles. The minimum Gasteiger partial charge on any atom is -0.393 e. The Labute approximate surface area is 121 Å². The van der Waals surface area contributed by atoms with Crippen molar-refractivity contribution in [3.63, 3.8) is 0 Å². The fourth-order valence-corrected chi connectivity index (χ4v) is 2.23. The van der Waals surface area contributed by atoms with E-state index in [0.717, 1.165) is 36.9 Å². The minimum absolute atomic E-state index is 0.132. The standard InChI is InChI=1S/C13H18FNO.CBrN/c1-9-8-10(14)2-7-13(9)15-11-3-5-12(16)6-4-11;2-1-3/h2,7-8,11-12,15-16H,3-6H2,1H3;. The summed E-state index contributed by atoms with van der Waals surface area (Å²) in [6.07, 6.45) is 3.55. The highest BCUT2D eigenvalue weighted by molar-refractivity contribution is 9.12. The highest BCUT2D eigenvalue weighted by Crippen LogP contribution is 2.24. The number of nitrogens with one attached hydrogen (secondary N) is 1. The maximum Gasteiger partial charge on any atom is 0.142 e. The van der Waals surface area contributed by atoms with Crippen LogP contribution in [0.5, 0.6) is 0 Å². The molecule has 0 spiro atoms. The number of aryl methyl sites for hydroxylation is 1. The molecule has 1 aromatic rings. The minimum atomic E-state index is -0.192. The molecule has 19 heavy (non-hydrogen) atoms. The number of hydrogen-bond donors (Lipinski definition) is 2. The van der Waals surface area contributed by atoms with Crippen molar-refractivity contribution in [1.82, 2.24) is 0 Å². The van der Waals surface area contributed by atoms with E-state index in [-0.39, 0.29) is 11.9 Å². The lowest BCUT2D eigenvalue weighted by Crippen LogP contribution is -2.28. The number of nitriles is 1. The monoisotopic (exact) mass is 328 g/mol. The van der Waals surface area contributed by atoms with Crippen LogP contribution in [-0.4, -0.2) is 17.3 Å². The molecule has 1 fully saturated rings. The summed E-state index contributed by atoms with van der Waals surface area (Å²) in [6.45, 7) is 1.91. The van der Waals surface area contributed by atoms with Crippen molar-refractivity contribution in [1.29, 1.82) is 5.26 Å². The van der Waals surface area contributed by atoms with E-state index in [1.54, 1.807) is 17.1 Å². The summed E-state index contributed by atoms with van der Waals surface area (Å²) in [5.41, 5.74) is 1.94. The van der Waals surface area contributed by atoms with Gasteiger partial charge in [-0.3, -0.25) is 0 Å². The number of aliphatic hydroxyl groups is 1. The molecule has 0 aliphatic heterocycles. The summed E-state index contributed by atoms with van der Waals surface area (Å²) < 4.78 is 12.9. The van der Waals surface area contributed by atoms with Crippen LogP contribution in [-0.2, 0) is 0 Å². The molecular formula is C14H18BrFN2O. The lowest BCUT2D eigenvalue weighted by molar-refractivity contribution is 0.126. The van der Waals surface area contributed by atoms with E-state index in [9.17, 15) is 9.50 Å². The molecule has 2 rings (SSSR count).